The third-order valence-electron chi connectivity index (χ3n) is 4.21. The summed E-state index contributed by atoms with van der Waals surface area (Å²) in [6.07, 6.45) is 1.25. The van der Waals surface area contributed by atoms with E-state index in [0.29, 0.717) is 16.8 Å². The first-order valence-electron chi connectivity index (χ1n) is 11.0. The van der Waals surface area contributed by atoms with Crippen molar-refractivity contribution in [2.75, 3.05) is 19.4 Å². The summed E-state index contributed by atoms with van der Waals surface area (Å²) in [6.45, 7) is 12.4. The predicted molar refractivity (Wildman–Crippen MR) is 143 cm³/mol. The fraction of sp³-hybridized carbons (Fsp3) is 0.435. The minimum atomic E-state index is -1.79. The van der Waals surface area contributed by atoms with Crippen LogP contribution in [0, 0.1) is 13.8 Å². The number of nitrogens with zero attached hydrogens (tertiary/aromatic N) is 3. The number of phenols is 1. The number of carbonyl (C=O) groups excluding carboxylic acids is 1. The summed E-state index contributed by atoms with van der Waals surface area (Å²) in [5.41, 5.74) is 1.37. The number of nitrogens with one attached hydrogen (secondary N) is 2. The molecule has 1 aromatic heterocycles. The van der Waals surface area contributed by atoms with Crippen LogP contribution in [0.4, 0.5) is 5.69 Å². The molecule has 0 spiro atoms. The van der Waals surface area contributed by atoms with Crippen molar-refractivity contribution in [2.24, 2.45) is 8.80 Å². The zero-order valence-electron chi connectivity index (χ0n) is 20.9. The van der Waals surface area contributed by atoms with Gasteiger partial charge in [-0.1, -0.05) is 34.1 Å². The smallest absolute Gasteiger partial charge is 0.269 e. The fourth-order valence-electron chi connectivity index (χ4n) is 2.59. The summed E-state index contributed by atoms with van der Waals surface area (Å²) in [4.78, 5) is 13.7. The lowest BCUT2D eigenvalue weighted by Gasteiger charge is -2.16. The highest BCUT2D eigenvalue weighted by Crippen LogP contribution is 2.34. The average molecular weight is 557 g/mol. The molecule has 1 unspecified atom stereocenters. The molecule has 2 heterocycles. The molecule has 188 valence electrons. The Morgan fingerprint density at radius 1 is 1.18 bits per heavy atom. The molecular weight excluding hydrogens is 522 g/mol. The lowest BCUT2D eigenvalue weighted by atomic mass is 10.1. The summed E-state index contributed by atoms with van der Waals surface area (Å²) in [5, 5.41) is 16.5. The van der Waals surface area contributed by atoms with E-state index in [-0.39, 0.29) is 34.6 Å². The number of hydrogen-bond donors (Lipinski definition) is 3. The second kappa shape index (κ2) is 13.9. The normalized spacial score (nSPS) is 14.1. The average Bonchev–Trinajstić information content (AvgIpc) is 3.30. The SMILES string of the molecule is CC.CCC.Cc1cc(CNC2=NS(=O)N=C2Nc2ccc(Br)c(C(=O)N(C)C)c2O)oc1C. The first kappa shape index (κ1) is 29.4. The van der Waals surface area contributed by atoms with Crippen LogP contribution in [0.1, 0.15) is 61.6 Å². The number of hydrogen-bond acceptors (Lipinski definition) is 6. The number of furan rings is 1. The molecule has 0 saturated heterocycles. The topological polar surface area (TPSA) is 120 Å². The molecule has 2 aromatic rings. The van der Waals surface area contributed by atoms with Crippen LogP contribution in [0.2, 0.25) is 0 Å². The largest absolute Gasteiger partial charge is 0.505 e. The van der Waals surface area contributed by atoms with E-state index in [4.69, 9.17) is 4.42 Å². The number of aromatic hydroxyl groups is 1. The van der Waals surface area contributed by atoms with Crippen molar-refractivity contribution in [3.63, 3.8) is 0 Å². The highest BCUT2D eigenvalue weighted by molar-refractivity contribution is 9.10. The molecule has 0 fully saturated rings. The highest BCUT2D eigenvalue weighted by Gasteiger charge is 2.24. The molecule has 3 rings (SSSR count). The quantitative estimate of drug-likeness (QED) is 0.451. The minimum Gasteiger partial charge on any atom is -0.505 e. The number of aryl methyl sites for hydroxylation is 2. The maximum Gasteiger partial charge on any atom is 0.269 e. The van der Waals surface area contributed by atoms with Gasteiger partial charge in [0.2, 0.25) is 0 Å². The number of rotatable bonds is 4. The molecular formula is C23H34BrN5O4S. The molecule has 34 heavy (non-hydrogen) atoms. The first-order chi connectivity index (χ1) is 16.1. The van der Waals surface area contributed by atoms with Gasteiger partial charge in [0.05, 0.1) is 17.8 Å². The number of anilines is 1. The molecule has 0 saturated carbocycles. The Kier molecular flexibility index (Phi) is 12.0. The molecule has 11 heteroatoms. The van der Waals surface area contributed by atoms with Gasteiger partial charge in [-0.05, 0) is 53.5 Å². The monoisotopic (exact) mass is 555 g/mol. The van der Waals surface area contributed by atoms with Crippen LogP contribution in [0.3, 0.4) is 0 Å². The van der Waals surface area contributed by atoms with Crippen molar-refractivity contribution >= 4 is 50.4 Å². The van der Waals surface area contributed by atoms with Gasteiger partial charge in [-0.2, -0.15) is 0 Å². The Labute approximate surface area is 212 Å². The van der Waals surface area contributed by atoms with E-state index < -0.39 is 11.2 Å². The molecule has 0 bridgehead atoms. The van der Waals surface area contributed by atoms with Gasteiger partial charge in [0, 0.05) is 18.6 Å². The van der Waals surface area contributed by atoms with Crippen LogP contribution in [-0.2, 0) is 17.7 Å². The Bertz CT molecular complexity index is 1060. The van der Waals surface area contributed by atoms with Gasteiger partial charge in [-0.25, -0.2) is 4.21 Å². The van der Waals surface area contributed by atoms with Gasteiger partial charge in [0.15, 0.2) is 17.4 Å². The second-order valence-electron chi connectivity index (χ2n) is 7.27. The molecule has 3 N–H and O–H groups in total. The maximum absolute atomic E-state index is 12.4. The van der Waals surface area contributed by atoms with Crippen molar-refractivity contribution in [3.8, 4) is 5.75 Å². The number of amides is 1. The highest BCUT2D eigenvalue weighted by atomic mass is 79.9. The minimum absolute atomic E-state index is 0.104. The summed E-state index contributed by atoms with van der Waals surface area (Å²) >= 11 is 1.49. The second-order valence-corrected chi connectivity index (χ2v) is 8.95. The molecule has 1 aliphatic rings. The lowest BCUT2D eigenvalue weighted by molar-refractivity contribution is 0.0824. The van der Waals surface area contributed by atoms with Gasteiger partial charge in [-0.15, -0.1) is 8.80 Å². The van der Waals surface area contributed by atoms with Crippen LogP contribution in [0.15, 0.2) is 35.9 Å². The molecule has 1 aromatic carbocycles. The number of carbonyl (C=O) groups is 1. The summed E-state index contributed by atoms with van der Waals surface area (Å²) in [7, 11) is 3.18. The van der Waals surface area contributed by atoms with Crippen LogP contribution >= 0.6 is 15.9 Å². The first-order valence-corrected chi connectivity index (χ1v) is 12.8. The Balaban J connectivity index is 0.00000107. The van der Waals surface area contributed by atoms with Crippen LogP contribution in [0.25, 0.3) is 0 Å². The maximum atomic E-state index is 12.4. The molecule has 1 aliphatic heterocycles. The molecule has 9 nitrogen and oxygen atoms in total. The Morgan fingerprint density at radius 2 is 1.76 bits per heavy atom. The van der Waals surface area contributed by atoms with E-state index in [1.54, 1.807) is 26.2 Å². The van der Waals surface area contributed by atoms with E-state index in [1.807, 2.05) is 33.8 Å². The lowest BCUT2D eigenvalue weighted by Crippen LogP contribution is -2.33. The fourth-order valence-corrected chi connectivity index (χ4v) is 3.72. The van der Waals surface area contributed by atoms with Gasteiger partial charge in [-0.3, -0.25) is 4.79 Å². The van der Waals surface area contributed by atoms with Gasteiger partial charge >= 0.3 is 0 Å². The standard InChI is InChI=1S/C18H20BrN5O4S.C3H8.C2H6/c1-9-7-11(28-10(9)2)8-20-16-17(23-29(27)22-16)21-13-6-5-12(19)14(15(13)25)18(26)24(3)4;1-3-2;1-2/h5-7,25H,8H2,1-4H3,(H,20,22)(H,21,23);3H2,1-2H3;1-2H3. The Morgan fingerprint density at radius 3 is 2.29 bits per heavy atom. The zero-order chi connectivity index (χ0) is 26.0. The number of halogens is 1. The molecule has 1 atom stereocenters. The summed E-state index contributed by atoms with van der Waals surface area (Å²) in [6, 6.07) is 5.11. The Hall–Kier alpha value is -2.66. The van der Waals surface area contributed by atoms with Crippen molar-refractivity contribution in [3.05, 3.63) is 45.3 Å². The third kappa shape index (κ3) is 7.69. The van der Waals surface area contributed by atoms with E-state index in [9.17, 15) is 14.1 Å². The summed E-state index contributed by atoms with van der Waals surface area (Å²) < 4.78 is 25.8. The number of phenolic OH excluding ortho intramolecular Hbond substituents is 1. The van der Waals surface area contributed by atoms with Gasteiger partial charge in [0.1, 0.15) is 11.5 Å². The molecule has 0 aliphatic carbocycles. The van der Waals surface area contributed by atoms with Crippen LogP contribution in [-0.4, -0.2) is 45.9 Å². The van der Waals surface area contributed by atoms with Gasteiger partial charge in [0.25, 0.3) is 17.1 Å². The number of benzene rings is 1. The van der Waals surface area contributed by atoms with E-state index >= 15 is 0 Å². The molecule has 1 amide bonds. The van der Waals surface area contributed by atoms with E-state index in [0.717, 1.165) is 11.3 Å². The van der Waals surface area contributed by atoms with Crippen molar-refractivity contribution in [1.82, 2.24) is 10.2 Å². The van der Waals surface area contributed by atoms with E-state index in [2.05, 4.69) is 49.2 Å². The van der Waals surface area contributed by atoms with Crippen molar-refractivity contribution in [1.29, 1.82) is 0 Å². The third-order valence-corrected chi connectivity index (χ3v) is 5.55. The van der Waals surface area contributed by atoms with Crippen molar-refractivity contribution in [2.45, 2.75) is 54.5 Å². The zero-order valence-corrected chi connectivity index (χ0v) is 23.3. The van der Waals surface area contributed by atoms with Crippen molar-refractivity contribution < 1.29 is 18.5 Å². The van der Waals surface area contributed by atoms with Crippen LogP contribution in [0.5, 0.6) is 5.75 Å². The predicted octanol–water partition coefficient (Wildman–Crippen LogP) is 5.10. The van der Waals surface area contributed by atoms with E-state index in [1.165, 1.54) is 11.3 Å². The van der Waals surface area contributed by atoms with Gasteiger partial charge < -0.3 is 25.1 Å². The summed E-state index contributed by atoms with van der Waals surface area (Å²) in [5.74, 6) is 1.34. The van der Waals surface area contributed by atoms with Crippen LogP contribution < -0.4 is 10.6 Å². The number of amidine groups is 2. The molecule has 0 radical (unpaired) electrons.